The smallest absolute Gasteiger partial charge is 0.264 e. The summed E-state index contributed by atoms with van der Waals surface area (Å²) >= 11 is 4.74. The van der Waals surface area contributed by atoms with E-state index in [0.29, 0.717) is 32.7 Å². The third-order valence-corrected chi connectivity index (χ3v) is 5.64. The lowest BCUT2D eigenvalue weighted by atomic mass is 10.2. The summed E-state index contributed by atoms with van der Waals surface area (Å²) < 4.78 is 11.7. The highest BCUT2D eigenvalue weighted by atomic mass is 79.9. The standard InChI is InChI=1S/C22H20BrN3O3S/c1-3-14-5-7-16(8-6-14)25-22-26-21(27)19(30-22)13-15-11-17(23)20(29-10-9-24)18(12-15)28-4-2/h5-8,11-13H,3-4,10H2,1-2H3,(H,25,26,27)/b19-13-. The Morgan fingerprint density at radius 1 is 1.23 bits per heavy atom. The van der Waals surface area contributed by atoms with Crippen molar-refractivity contribution < 1.29 is 14.3 Å². The molecule has 154 valence electrons. The van der Waals surface area contributed by atoms with Crippen LogP contribution in [0, 0.1) is 11.3 Å². The highest BCUT2D eigenvalue weighted by Crippen LogP contribution is 2.38. The van der Waals surface area contributed by atoms with Crippen LogP contribution < -0.4 is 14.8 Å². The van der Waals surface area contributed by atoms with Gasteiger partial charge in [0, 0.05) is 0 Å². The van der Waals surface area contributed by atoms with E-state index >= 15 is 0 Å². The minimum Gasteiger partial charge on any atom is -0.490 e. The summed E-state index contributed by atoms with van der Waals surface area (Å²) in [6, 6.07) is 13.5. The van der Waals surface area contributed by atoms with E-state index < -0.39 is 0 Å². The monoisotopic (exact) mass is 485 g/mol. The van der Waals surface area contributed by atoms with Gasteiger partial charge >= 0.3 is 0 Å². The number of ether oxygens (including phenoxy) is 2. The van der Waals surface area contributed by atoms with Crippen LogP contribution in [-0.4, -0.2) is 24.3 Å². The number of amides is 1. The van der Waals surface area contributed by atoms with Crippen molar-refractivity contribution in [3.05, 3.63) is 56.9 Å². The fraction of sp³-hybridized carbons (Fsp3) is 0.227. The first-order chi connectivity index (χ1) is 14.5. The average molecular weight is 486 g/mol. The van der Waals surface area contributed by atoms with Gasteiger partial charge in [0.25, 0.3) is 5.91 Å². The molecular formula is C22H20BrN3O3S. The number of nitrogens with zero attached hydrogens (tertiary/aromatic N) is 2. The third kappa shape index (κ3) is 5.43. The van der Waals surface area contributed by atoms with E-state index in [1.165, 1.54) is 17.3 Å². The Bertz CT molecular complexity index is 1040. The van der Waals surface area contributed by atoms with Crippen molar-refractivity contribution in [1.29, 1.82) is 5.26 Å². The summed E-state index contributed by atoms with van der Waals surface area (Å²) in [7, 11) is 0. The Morgan fingerprint density at radius 3 is 2.67 bits per heavy atom. The number of aryl methyl sites for hydroxylation is 1. The topological polar surface area (TPSA) is 83.7 Å². The molecule has 3 rings (SSSR count). The van der Waals surface area contributed by atoms with Gasteiger partial charge in [-0.25, -0.2) is 4.99 Å². The van der Waals surface area contributed by atoms with Crippen LogP contribution in [0.4, 0.5) is 5.69 Å². The molecule has 0 bridgehead atoms. The molecule has 2 aromatic carbocycles. The lowest BCUT2D eigenvalue weighted by molar-refractivity contribution is -0.115. The highest BCUT2D eigenvalue weighted by Gasteiger charge is 2.24. The average Bonchev–Trinajstić information content (AvgIpc) is 3.07. The molecule has 1 N–H and O–H groups in total. The Kier molecular flexibility index (Phi) is 7.55. The maximum atomic E-state index is 12.4. The molecule has 1 heterocycles. The molecule has 0 atom stereocenters. The molecule has 6 nitrogen and oxygen atoms in total. The predicted molar refractivity (Wildman–Crippen MR) is 123 cm³/mol. The number of nitriles is 1. The molecule has 0 radical (unpaired) electrons. The van der Waals surface area contributed by atoms with Crippen LogP contribution in [0.3, 0.4) is 0 Å². The number of hydrogen-bond donors (Lipinski definition) is 1. The second kappa shape index (κ2) is 10.3. The van der Waals surface area contributed by atoms with Gasteiger partial charge in [-0.2, -0.15) is 5.26 Å². The largest absolute Gasteiger partial charge is 0.490 e. The van der Waals surface area contributed by atoms with Crippen molar-refractivity contribution >= 4 is 50.5 Å². The fourth-order valence-corrected chi connectivity index (χ4v) is 4.15. The van der Waals surface area contributed by atoms with Crippen LogP contribution in [-0.2, 0) is 11.2 Å². The zero-order chi connectivity index (χ0) is 21.5. The Morgan fingerprint density at radius 2 is 2.00 bits per heavy atom. The van der Waals surface area contributed by atoms with Gasteiger partial charge < -0.3 is 14.8 Å². The summed E-state index contributed by atoms with van der Waals surface area (Å²) in [6.45, 7) is 4.32. The van der Waals surface area contributed by atoms with E-state index in [4.69, 9.17) is 14.7 Å². The van der Waals surface area contributed by atoms with Gasteiger partial charge in [-0.1, -0.05) is 19.1 Å². The molecule has 1 saturated heterocycles. The quantitative estimate of drug-likeness (QED) is 0.544. The number of aliphatic imine (C=N–C) groups is 1. The molecule has 30 heavy (non-hydrogen) atoms. The van der Waals surface area contributed by atoms with Gasteiger partial charge in [0.2, 0.25) is 0 Å². The van der Waals surface area contributed by atoms with Gasteiger partial charge in [-0.3, -0.25) is 4.79 Å². The molecule has 0 aliphatic carbocycles. The van der Waals surface area contributed by atoms with Crippen LogP contribution >= 0.6 is 27.7 Å². The normalized spacial score (nSPS) is 15.9. The van der Waals surface area contributed by atoms with Crippen LogP contribution in [0.5, 0.6) is 11.5 Å². The zero-order valence-corrected chi connectivity index (χ0v) is 19.0. The van der Waals surface area contributed by atoms with Gasteiger partial charge in [0.15, 0.2) is 23.3 Å². The molecule has 1 aliphatic rings. The van der Waals surface area contributed by atoms with Gasteiger partial charge in [0.1, 0.15) is 6.07 Å². The number of carbonyl (C=O) groups is 1. The Hall–Kier alpha value is -2.76. The van der Waals surface area contributed by atoms with Crippen molar-refractivity contribution in [3.63, 3.8) is 0 Å². The Balaban J connectivity index is 1.84. The molecule has 0 aromatic heterocycles. The number of amidine groups is 1. The number of thioether (sulfide) groups is 1. The second-order valence-corrected chi connectivity index (χ2v) is 8.10. The van der Waals surface area contributed by atoms with Gasteiger partial charge in [-0.15, -0.1) is 0 Å². The number of rotatable bonds is 7. The summed E-state index contributed by atoms with van der Waals surface area (Å²) in [5.74, 6) is 0.756. The lowest BCUT2D eigenvalue weighted by Gasteiger charge is -2.13. The number of halogens is 1. The first-order valence-electron chi connectivity index (χ1n) is 9.38. The minimum absolute atomic E-state index is 0.0869. The van der Waals surface area contributed by atoms with Crippen LogP contribution in [0.1, 0.15) is 25.0 Å². The molecule has 1 fully saturated rings. The molecule has 1 amide bonds. The second-order valence-electron chi connectivity index (χ2n) is 6.21. The lowest BCUT2D eigenvalue weighted by Crippen LogP contribution is -2.19. The maximum Gasteiger partial charge on any atom is 0.264 e. The number of carbonyl (C=O) groups excluding carboxylic acids is 1. The molecule has 2 aromatic rings. The molecule has 0 saturated carbocycles. The van der Waals surface area contributed by atoms with Gasteiger partial charge in [-0.05, 0) is 82.5 Å². The predicted octanol–water partition coefficient (Wildman–Crippen LogP) is 5.20. The van der Waals surface area contributed by atoms with Crippen LogP contribution in [0.25, 0.3) is 6.08 Å². The van der Waals surface area contributed by atoms with E-state index in [-0.39, 0.29) is 12.5 Å². The number of nitrogens with one attached hydrogen (secondary N) is 1. The third-order valence-electron chi connectivity index (χ3n) is 4.14. The first kappa shape index (κ1) is 21.9. The summed E-state index contributed by atoms with van der Waals surface area (Å²) in [6.07, 6.45) is 2.74. The molecule has 0 spiro atoms. The minimum atomic E-state index is -0.206. The fourth-order valence-electron chi connectivity index (χ4n) is 2.73. The molecule has 0 unspecified atom stereocenters. The van der Waals surface area contributed by atoms with Crippen LogP contribution in [0.2, 0.25) is 0 Å². The number of benzene rings is 2. The summed E-state index contributed by atoms with van der Waals surface area (Å²) in [5.41, 5.74) is 2.79. The Labute approximate surface area is 188 Å². The van der Waals surface area contributed by atoms with E-state index in [1.807, 2.05) is 43.3 Å². The number of hydrogen-bond acceptors (Lipinski definition) is 6. The zero-order valence-electron chi connectivity index (χ0n) is 16.6. The van der Waals surface area contributed by atoms with Crippen molar-refractivity contribution in [2.45, 2.75) is 20.3 Å². The van der Waals surface area contributed by atoms with E-state index in [0.717, 1.165) is 17.7 Å². The van der Waals surface area contributed by atoms with Crippen molar-refractivity contribution in [3.8, 4) is 17.6 Å². The summed E-state index contributed by atoms with van der Waals surface area (Å²) in [5, 5.41) is 12.1. The highest BCUT2D eigenvalue weighted by molar-refractivity contribution is 9.10. The van der Waals surface area contributed by atoms with Crippen LogP contribution in [0.15, 0.2) is 50.8 Å². The SMILES string of the molecule is CCOc1cc(/C=C2\SC(=Nc3ccc(CC)cc3)NC2=O)cc(Br)c1OCC#N. The summed E-state index contributed by atoms with van der Waals surface area (Å²) in [4.78, 5) is 17.4. The van der Waals surface area contributed by atoms with E-state index in [2.05, 4.69) is 33.2 Å². The van der Waals surface area contributed by atoms with Crippen molar-refractivity contribution in [2.24, 2.45) is 4.99 Å². The molecule has 8 heteroatoms. The maximum absolute atomic E-state index is 12.4. The molecular weight excluding hydrogens is 466 g/mol. The van der Waals surface area contributed by atoms with E-state index in [1.54, 1.807) is 12.1 Å². The van der Waals surface area contributed by atoms with Gasteiger partial charge in [0.05, 0.1) is 21.7 Å². The van der Waals surface area contributed by atoms with Crippen molar-refractivity contribution in [2.75, 3.05) is 13.2 Å². The molecule has 1 aliphatic heterocycles. The van der Waals surface area contributed by atoms with E-state index in [9.17, 15) is 4.79 Å². The first-order valence-corrected chi connectivity index (χ1v) is 11.0. The van der Waals surface area contributed by atoms with Crippen molar-refractivity contribution in [1.82, 2.24) is 5.32 Å².